The van der Waals surface area contributed by atoms with Crippen LogP contribution < -0.4 is 4.72 Å². The number of hydrogen-bond donors (Lipinski definition) is 1. The highest BCUT2D eigenvalue weighted by atomic mass is 32.2. The van der Waals surface area contributed by atoms with E-state index in [1.54, 1.807) is 44.6 Å². The summed E-state index contributed by atoms with van der Waals surface area (Å²) in [7, 11) is -0.0585. The Balaban J connectivity index is 1.87. The van der Waals surface area contributed by atoms with Crippen molar-refractivity contribution in [2.75, 3.05) is 40.5 Å². The van der Waals surface area contributed by atoms with Gasteiger partial charge in [-0.25, -0.2) is 13.1 Å². The van der Waals surface area contributed by atoms with E-state index in [0.29, 0.717) is 24.6 Å². The predicted molar refractivity (Wildman–Crippen MR) is 84.3 cm³/mol. The van der Waals surface area contributed by atoms with Crippen LogP contribution in [0.4, 0.5) is 0 Å². The standard InChI is InChI=1S/C15H24N2O4S/c1-20-12-13-10-14(21-2)11-17(13)9-8-16-22(18,19)15-6-4-3-5-7-15/h3-7,13-14,16H,8-12H2,1-2H3/t13-,14-/m0/s1. The molecule has 1 heterocycles. The maximum atomic E-state index is 12.2. The monoisotopic (exact) mass is 328 g/mol. The molecule has 1 saturated heterocycles. The van der Waals surface area contributed by atoms with E-state index in [-0.39, 0.29) is 12.1 Å². The van der Waals surface area contributed by atoms with Crippen LogP contribution in [-0.2, 0) is 19.5 Å². The Morgan fingerprint density at radius 1 is 1.27 bits per heavy atom. The lowest BCUT2D eigenvalue weighted by molar-refractivity contribution is 0.108. The maximum Gasteiger partial charge on any atom is 0.240 e. The lowest BCUT2D eigenvalue weighted by Gasteiger charge is -2.23. The minimum Gasteiger partial charge on any atom is -0.383 e. The summed E-state index contributed by atoms with van der Waals surface area (Å²) in [6.45, 7) is 2.44. The van der Waals surface area contributed by atoms with Gasteiger partial charge in [0.25, 0.3) is 0 Å². The van der Waals surface area contributed by atoms with Gasteiger partial charge in [0.1, 0.15) is 0 Å². The van der Waals surface area contributed by atoms with Crippen molar-refractivity contribution in [3.05, 3.63) is 30.3 Å². The average Bonchev–Trinajstić information content (AvgIpc) is 2.91. The van der Waals surface area contributed by atoms with Crippen molar-refractivity contribution >= 4 is 10.0 Å². The molecule has 0 bridgehead atoms. The summed E-state index contributed by atoms with van der Waals surface area (Å²) in [5.41, 5.74) is 0. The minimum absolute atomic E-state index is 0.186. The van der Waals surface area contributed by atoms with Crippen LogP contribution in [-0.4, -0.2) is 65.9 Å². The van der Waals surface area contributed by atoms with Gasteiger partial charge >= 0.3 is 0 Å². The molecule has 7 heteroatoms. The van der Waals surface area contributed by atoms with Crippen LogP contribution in [0.2, 0.25) is 0 Å². The van der Waals surface area contributed by atoms with Crippen molar-refractivity contribution in [1.82, 2.24) is 9.62 Å². The summed E-state index contributed by atoms with van der Waals surface area (Å²) in [5, 5.41) is 0. The minimum atomic E-state index is -3.44. The largest absolute Gasteiger partial charge is 0.383 e. The van der Waals surface area contributed by atoms with Gasteiger partial charge in [0.15, 0.2) is 0 Å². The second-order valence-electron chi connectivity index (χ2n) is 5.41. The van der Waals surface area contributed by atoms with E-state index in [1.807, 2.05) is 0 Å². The van der Waals surface area contributed by atoms with Crippen LogP contribution >= 0.6 is 0 Å². The van der Waals surface area contributed by atoms with Crippen LogP contribution in [0.1, 0.15) is 6.42 Å². The van der Waals surface area contributed by atoms with Gasteiger partial charge in [0.05, 0.1) is 17.6 Å². The van der Waals surface area contributed by atoms with Crippen LogP contribution in [0.15, 0.2) is 35.2 Å². The molecule has 1 fully saturated rings. The lowest BCUT2D eigenvalue weighted by atomic mass is 10.2. The Kier molecular flexibility index (Phi) is 6.34. The molecule has 0 aliphatic carbocycles. The zero-order valence-corrected chi connectivity index (χ0v) is 13.9. The Hall–Kier alpha value is -0.990. The van der Waals surface area contributed by atoms with Crippen molar-refractivity contribution in [1.29, 1.82) is 0 Å². The Morgan fingerprint density at radius 3 is 2.64 bits per heavy atom. The molecule has 22 heavy (non-hydrogen) atoms. The molecule has 1 aromatic carbocycles. The highest BCUT2D eigenvalue weighted by Crippen LogP contribution is 2.19. The number of ether oxygens (including phenoxy) is 2. The summed E-state index contributed by atoms with van der Waals surface area (Å²) < 4.78 is 37.6. The number of likely N-dealkylation sites (tertiary alicyclic amines) is 1. The quantitative estimate of drug-likeness (QED) is 0.761. The summed E-state index contributed by atoms with van der Waals surface area (Å²) in [6.07, 6.45) is 1.10. The molecular formula is C15H24N2O4S. The number of nitrogens with one attached hydrogen (secondary N) is 1. The van der Waals surface area contributed by atoms with Gasteiger partial charge in [-0.1, -0.05) is 18.2 Å². The normalized spacial score (nSPS) is 23.0. The number of sulfonamides is 1. The molecule has 0 amide bonds. The van der Waals surface area contributed by atoms with E-state index in [9.17, 15) is 8.42 Å². The molecule has 2 rings (SSSR count). The van der Waals surface area contributed by atoms with Crippen LogP contribution in [0.3, 0.4) is 0 Å². The van der Waals surface area contributed by atoms with Gasteiger partial charge in [-0.2, -0.15) is 0 Å². The van der Waals surface area contributed by atoms with Crippen molar-refractivity contribution in [3.8, 4) is 0 Å². The third kappa shape index (κ3) is 4.50. The van der Waals surface area contributed by atoms with Crippen LogP contribution in [0, 0.1) is 0 Å². The number of methoxy groups -OCH3 is 2. The first-order valence-corrected chi connectivity index (χ1v) is 8.85. The molecule has 1 aromatic rings. The molecule has 1 aliphatic rings. The second kappa shape index (κ2) is 8.03. The molecule has 6 nitrogen and oxygen atoms in total. The highest BCUT2D eigenvalue weighted by molar-refractivity contribution is 7.89. The Labute approximate surface area is 132 Å². The van der Waals surface area contributed by atoms with E-state index in [1.165, 1.54) is 0 Å². The van der Waals surface area contributed by atoms with Gasteiger partial charge in [-0.3, -0.25) is 4.90 Å². The van der Waals surface area contributed by atoms with Gasteiger partial charge in [0.2, 0.25) is 10.0 Å². The van der Waals surface area contributed by atoms with E-state index < -0.39 is 10.0 Å². The summed E-state index contributed by atoms with van der Waals surface area (Å²) >= 11 is 0. The second-order valence-corrected chi connectivity index (χ2v) is 7.18. The Morgan fingerprint density at radius 2 is 2.00 bits per heavy atom. The van der Waals surface area contributed by atoms with Crippen LogP contribution in [0.25, 0.3) is 0 Å². The molecule has 124 valence electrons. The predicted octanol–water partition coefficient (Wildman–Crippen LogP) is 0.701. The number of nitrogens with zero attached hydrogens (tertiary/aromatic N) is 1. The molecule has 0 saturated carbocycles. The molecule has 0 unspecified atom stereocenters. The number of rotatable bonds is 8. The molecule has 2 atom stereocenters. The third-order valence-electron chi connectivity index (χ3n) is 3.93. The molecule has 1 N–H and O–H groups in total. The van der Waals surface area contributed by atoms with E-state index in [2.05, 4.69) is 9.62 Å². The fourth-order valence-electron chi connectivity index (χ4n) is 2.75. The number of benzene rings is 1. The smallest absolute Gasteiger partial charge is 0.240 e. The maximum absolute atomic E-state index is 12.2. The van der Waals surface area contributed by atoms with Crippen molar-refractivity contribution in [2.45, 2.75) is 23.5 Å². The molecule has 1 aliphatic heterocycles. The van der Waals surface area contributed by atoms with Crippen molar-refractivity contribution in [3.63, 3.8) is 0 Å². The lowest BCUT2D eigenvalue weighted by Crippen LogP contribution is -2.39. The fraction of sp³-hybridized carbons (Fsp3) is 0.600. The summed E-state index contributed by atoms with van der Waals surface area (Å²) in [4.78, 5) is 2.50. The van der Waals surface area contributed by atoms with Crippen molar-refractivity contribution < 1.29 is 17.9 Å². The molecular weight excluding hydrogens is 304 g/mol. The topological polar surface area (TPSA) is 67.9 Å². The third-order valence-corrected chi connectivity index (χ3v) is 5.40. The average molecular weight is 328 g/mol. The summed E-state index contributed by atoms with van der Waals surface area (Å²) in [5.74, 6) is 0. The first kappa shape index (κ1) is 17.4. The molecule has 0 radical (unpaired) electrons. The van der Waals surface area contributed by atoms with E-state index >= 15 is 0 Å². The van der Waals surface area contributed by atoms with E-state index in [4.69, 9.17) is 9.47 Å². The highest BCUT2D eigenvalue weighted by Gasteiger charge is 2.31. The van der Waals surface area contributed by atoms with Crippen molar-refractivity contribution in [2.24, 2.45) is 0 Å². The van der Waals surface area contributed by atoms with Crippen LogP contribution in [0.5, 0.6) is 0 Å². The first-order chi connectivity index (χ1) is 10.6. The number of hydrogen-bond acceptors (Lipinski definition) is 5. The fourth-order valence-corrected chi connectivity index (χ4v) is 3.80. The molecule has 0 spiro atoms. The summed E-state index contributed by atoms with van der Waals surface area (Å²) in [6, 6.07) is 8.68. The zero-order valence-electron chi connectivity index (χ0n) is 13.1. The Bertz CT molecular complexity index is 550. The van der Waals surface area contributed by atoms with Gasteiger partial charge in [-0.15, -0.1) is 0 Å². The van der Waals surface area contributed by atoms with Gasteiger partial charge < -0.3 is 9.47 Å². The zero-order chi connectivity index (χ0) is 16.0. The SMILES string of the molecule is COC[C@@H]1C[C@H](OC)CN1CCNS(=O)(=O)c1ccccc1. The van der Waals surface area contributed by atoms with Gasteiger partial charge in [0, 0.05) is 39.9 Å². The first-order valence-electron chi connectivity index (χ1n) is 7.37. The van der Waals surface area contributed by atoms with E-state index in [0.717, 1.165) is 13.0 Å². The molecule has 0 aromatic heterocycles. The van der Waals surface area contributed by atoms with Gasteiger partial charge in [-0.05, 0) is 18.6 Å².